The first-order chi connectivity index (χ1) is 9.46. The molecule has 1 N–H and O–H groups in total. The van der Waals surface area contributed by atoms with Crippen LogP contribution in [0, 0.1) is 0 Å². The standard InChI is InChI=1S/C14H19NO4S/c1-10(16)11-3-2-4-14(7-11)20(17,18)15-8-12-5-6-13(9-15)19-12/h2-4,7,10,12-13,16H,5-6,8-9H2,1H3. The summed E-state index contributed by atoms with van der Waals surface area (Å²) in [7, 11) is -3.50. The number of nitrogens with zero attached hydrogens (tertiary/aromatic N) is 1. The van der Waals surface area contributed by atoms with Gasteiger partial charge in [0, 0.05) is 13.1 Å². The Labute approximate surface area is 119 Å². The first kappa shape index (κ1) is 14.0. The summed E-state index contributed by atoms with van der Waals surface area (Å²) < 4.78 is 32.5. The van der Waals surface area contributed by atoms with Crippen LogP contribution < -0.4 is 0 Å². The molecule has 3 unspecified atom stereocenters. The Morgan fingerprint density at radius 3 is 2.55 bits per heavy atom. The molecular formula is C14H19NO4S. The second kappa shape index (κ2) is 5.11. The minimum atomic E-state index is -3.50. The third-order valence-corrected chi connectivity index (χ3v) is 5.82. The van der Waals surface area contributed by atoms with Gasteiger partial charge in [-0.25, -0.2) is 8.42 Å². The van der Waals surface area contributed by atoms with Crippen molar-refractivity contribution in [3.8, 4) is 0 Å². The summed E-state index contributed by atoms with van der Waals surface area (Å²) in [5.74, 6) is 0. The van der Waals surface area contributed by atoms with Crippen LogP contribution in [0.5, 0.6) is 0 Å². The molecule has 1 aromatic carbocycles. The molecule has 2 aliphatic heterocycles. The summed E-state index contributed by atoms with van der Waals surface area (Å²) in [4.78, 5) is 0.247. The molecule has 3 atom stereocenters. The van der Waals surface area contributed by atoms with Gasteiger partial charge in [-0.3, -0.25) is 0 Å². The maximum atomic E-state index is 12.7. The van der Waals surface area contributed by atoms with Crippen LogP contribution in [0.25, 0.3) is 0 Å². The second-order valence-corrected chi connectivity index (χ2v) is 7.47. The smallest absolute Gasteiger partial charge is 0.243 e. The number of aliphatic hydroxyl groups is 1. The highest BCUT2D eigenvalue weighted by molar-refractivity contribution is 7.89. The van der Waals surface area contributed by atoms with Crippen molar-refractivity contribution < 1.29 is 18.3 Å². The first-order valence-corrected chi connectivity index (χ1v) is 8.34. The van der Waals surface area contributed by atoms with E-state index in [1.54, 1.807) is 31.2 Å². The molecule has 2 bridgehead atoms. The summed E-state index contributed by atoms with van der Waals surface area (Å²) in [5.41, 5.74) is 0.613. The Morgan fingerprint density at radius 2 is 1.95 bits per heavy atom. The number of morpholine rings is 1. The van der Waals surface area contributed by atoms with E-state index >= 15 is 0 Å². The van der Waals surface area contributed by atoms with Crippen molar-refractivity contribution in [2.45, 2.75) is 43.0 Å². The van der Waals surface area contributed by atoms with Gasteiger partial charge in [0.15, 0.2) is 0 Å². The molecule has 1 aromatic rings. The first-order valence-electron chi connectivity index (χ1n) is 6.90. The Balaban J connectivity index is 1.90. The number of ether oxygens (including phenoxy) is 1. The van der Waals surface area contributed by atoms with Crippen molar-refractivity contribution in [1.82, 2.24) is 4.31 Å². The molecule has 3 rings (SSSR count). The molecule has 2 heterocycles. The maximum Gasteiger partial charge on any atom is 0.243 e. The van der Waals surface area contributed by atoms with E-state index in [1.807, 2.05) is 0 Å². The van der Waals surface area contributed by atoms with Crippen molar-refractivity contribution in [2.24, 2.45) is 0 Å². The normalized spacial score (nSPS) is 28.5. The fourth-order valence-corrected chi connectivity index (χ4v) is 4.42. The fourth-order valence-electron chi connectivity index (χ4n) is 2.86. The van der Waals surface area contributed by atoms with Crippen LogP contribution in [-0.2, 0) is 14.8 Å². The lowest BCUT2D eigenvalue weighted by molar-refractivity contribution is -0.0114. The average Bonchev–Trinajstić information content (AvgIpc) is 2.77. The van der Waals surface area contributed by atoms with Crippen molar-refractivity contribution in [3.05, 3.63) is 29.8 Å². The van der Waals surface area contributed by atoms with Gasteiger partial charge < -0.3 is 9.84 Å². The molecule has 110 valence electrons. The summed E-state index contributed by atoms with van der Waals surface area (Å²) >= 11 is 0. The molecule has 20 heavy (non-hydrogen) atoms. The number of benzene rings is 1. The largest absolute Gasteiger partial charge is 0.389 e. The number of fused-ring (bicyclic) bond motifs is 2. The Kier molecular flexibility index (Phi) is 3.58. The molecular weight excluding hydrogens is 278 g/mol. The van der Waals surface area contributed by atoms with Crippen LogP contribution in [-0.4, -0.2) is 43.1 Å². The molecule has 0 aliphatic carbocycles. The van der Waals surface area contributed by atoms with E-state index in [-0.39, 0.29) is 17.1 Å². The quantitative estimate of drug-likeness (QED) is 0.913. The SMILES string of the molecule is CC(O)c1cccc(S(=O)(=O)N2CC3CCC(C2)O3)c1. The van der Waals surface area contributed by atoms with E-state index in [4.69, 9.17) is 4.74 Å². The van der Waals surface area contributed by atoms with E-state index in [9.17, 15) is 13.5 Å². The number of hydrogen-bond acceptors (Lipinski definition) is 4. The predicted molar refractivity (Wildman–Crippen MR) is 73.7 cm³/mol. The Hall–Kier alpha value is -0.950. The fraction of sp³-hybridized carbons (Fsp3) is 0.571. The van der Waals surface area contributed by atoms with Gasteiger partial charge in [-0.1, -0.05) is 12.1 Å². The zero-order valence-corrected chi connectivity index (χ0v) is 12.2. The molecule has 2 fully saturated rings. The highest BCUT2D eigenvalue weighted by Crippen LogP contribution is 2.30. The minimum absolute atomic E-state index is 0.0310. The monoisotopic (exact) mass is 297 g/mol. The minimum Gasteiger partial charge on any atom is -0.389 e. The Bertz CT molecular complexity index is 587. The van der Waals surface area contributed by atoms with E-state index < -0.39 is 16.1 Å². The van der Waals surface area contributed by atoms with Gasteiger partial charge in [0.25, 0.3) is 0 Å². The topological polar surface area (TPSA) is 66.8 Å². The van der Waals surface area contributed by atoms with E-state index in [1.165, 1.54) is 4.31 Å². The van der Waals surface area contributed by atoms with Gasteiger partial charge in [0.05, 0.1) is 23.2 Å². The number of aliphatic hydroxyl groups excluding tert-OH is 1. The van der Waals surface area contributed by atoms with Crippen LogP contribution in [0.1, 0.15) is 31.4 Å². The highest BCUT2D eigenvalue weighted by atomic mass is 32.2. The number of sulfonamides is 1. The van der Waals surface area contributed by atoms with Gasteiger partial charge in [-0.2, -0.15) is 4.31 Å². The van der Waals surface area contributed by atoms with Crippen molar-refractivity contribution in [1.29, 1.82) is 0 Å². The Morgan fingerprint density at radius 1 is 1.30 bits per heavy atom. The van der Waals surface area contributed by atoms with E-state index in [2.05, 4.69) is 0 Å². The summed E-state index contributed by atoms with van der Waals surface area (Å²) in [6, 6.07) is 6.53. The van der Waals surface area contributed by atoms with Gasteiger partial charge in [0.1, 0.15) is 0 Å². The van der Waals surface area contributed by atoms with Gasteiger partial charge in [0.2, 0.25) is 10.0 Å². The molecule has 0 aromatic heterocycles. The van der Waals surface area contributed by atoms with E-state index in [0.29, 0.717) is 18.7 Å². The third kappa shape index (κ3) is 2.48. The summed E-state index contributed by atoms with van der Waals surface area (Å²) in [6.45, 7) is 2.48. The van der Waals surface area contributed by atoms with Crippen molar-refractivity contribution in [3.63, 3.8) is 0 Å². The van der Waals surface area contributed by atoms with Gasteiger partial charge in [-0.05, 0) is 37.5 Å². The molecule has 2 saturated heterocycles. The maximum absolute atomic E-state index is 12.7. The zero-order valence-electron chi connectivity index (χ0n) is 11.4. The average molecular weight is 297 g/mol. The zero-order chi connectivity index (χ0) is 14.3. The molecule has 0 saturated carbocycles. The molecule has 5 nitrogen and oxygen atoms in total. The van der Waals surface area contributed by atoms with Gasteiger partial charge >= 0.3 is 0 Å². The van der Waals surface area contributed by atoms with Crippen LogP contribution in [0.4, 0.5) is 0 Å². The van der Waals surface area contributed by atoms with E-state index in [0.717, 1.165) is 12.8 Å². The molecule has 0 amide bonds. The number of rotatable bonds is 3. The predicted octanol–water partition coefficient (Wildman–Crippen LogP) is 1.29. The van der Waals surface area contributed by atoms with Crippen LogP contribution in [0.3, 0.4) is 0 Å². The lowest BCUT2D eigenvalue weighted by atomic mass is 10.1. The third-order valence-electron chi connectivity index (χ3n) is 3.99. The molecule has 6 heteroatoms. The molecule has 2 aliphatic rings. The summed E-state index contributed by atoms with van der Waals surface area (Å²) in [6.07, 6.45) is 1.26. The second-order valence-electron chi connectivity index (χ2n) is 5.53. The molecule has 0 radical (unpaired) electrons. The molecule has 0 spiro atoms. The summed E-state index contributed by atoms with van der Waals surface area (Å²) in [5, 5.41) is 9.59. The van der Waals surface area contributed by atoms with Gasteiger partial charge in [-0.15, -0.1) is 0 Å². The van der Waals surface area contributed by atoms with Crippen LogP contribution in [0.15, 0.2) is 29.2 Å². The lowest BCUT2D eigenvalue weighted by Crippen LogP contribution is -2.45. The van der Waals surface area contributed by atoms with Crippen molar-refractivity contribution >= 4 is 10.0 Å². The number of hydrogen-bond donors (Lipinski definition) is 1. The highest BCUT2D eigenvalue weighted by Gasteiger charge is 2.39. The van der Waals surface area contributed by atoms with Crippen molar-refractivity contribution in [2.75, 3.05) is 13.1 Å². The van der Waals surface area contributed by atoms with Crippen LogP contribution in [0.2, 0.25) is 0 Å². The van der Waals surface area contributed by atoms with Crippen LogP contribution >= 0.6 is 0 Å². The lowest BCUT2D eigenvalue weighted by Gasteiger charge is -2.31.